The van der Waals surface area contributed by atoms with E-state index in [1.54, 1.807) is 7.11 Å². The summed E-state index contributed by atoms with van der Waals surface area (Å²) in [4.78, 5) is 11.6. The summed E-state index contributed by atoms with van der Waals surface area (Å²) in [5, 5.41) is 0. The van der Waals surface area contributed by atoms with Gasteiger partial charge in [0.2, 0.25) is 0 Å². The molecule has 0 bridgehead atoms. The largest absolute Gasteiger partial charge is 0.382 e. The van der Waals surface area contributed by atoms with Crippen molar-refractivity contribution in [3.63, 3.8) is 0 Å². The van der Waals surface area contributed by atoms with Gasteiger partial charge in [0.25, 0.3) is 0 Å². The van der Waals surface area contributed by atoms with E-state index in [1.165, 1.54) is 5.56 Å². The number of ketones is 1. The van der Waals surface area contributed by atoms with Crippen LogP contribution < -0.4 is 0 Å². The van der Waals surface area contributed by atoms with Gasteiger partial charge in [0.15, 0.2) is 0 Å². The molecule has 0 spiro atoms. The molecule has 3 heteroatoms. The Bertz CT molecular complexity index is 322. The summed E-state index contributed by atoms with van der Waals surface area (Å²) in [5.74, 6) is 0.281. The molecule has 1 aromatic rings. The number of ether oxygens (including phenoxy) is 2. The number of Topliss-reactive ketones (excluding diaryl/α,β-unsaturated/α-hetero) is 1. The molecule has 3 nitrogen and oxygen atoms in total. The number of carbonyl (C=O) groups is 1. The van der Waals surface area contributed by atoms with Crippen LogP contribution in [0.5, 0.6) is 0 Å². The number of aryl methyl sites for hydroxylation is 1. The van der Waals surface area contributed by atoms with Crippen LogP contribution in [-0.2, 0) is 20.7 Å². The van der Waals surface area contributed by atoms with Gasteiger partial charge < -0.3 is 9.47 Å². The first-order valence-electron chi connectivity index (χ1n) is 6.45. The lowest BCUT2D eigenvalue weighted by Gasteiger charge is -2.03. The van der Waals surface area contributed by atoms with Gasteiger partial charge in [-0.15, -0.1) is 0 Å². The van der Waals surface area contributed by atoms with Crippen LogP contribution in [0.3, 0.4) is 0 Å². The Hall–Kier alpha value is -1.19. The van der Waals surface area contributed by atoms with Crippen molar-refractivity contribution in [1.29, 1.82) is 0 Å². The van der Waals surface area contributed by atoms with E-state index in [-0.39, 0.29) is 5.78 Å². The van der Waals surface area contributed by atoms with Crippen LogP contribution in [0, 0.1) is 0 Å². The van der Waals surface area contributed by atoms with Gasteiger partial charge in [0, 0.05) is 20.0 Å². The standard InChI is InChI=1S/C15H22O3/c1-17-12-13-18-11-10-15(16)9-5-8-14-6-3-2-4-7-14/h2-4,6-7H,5,8-13H2,1H3. The summed E-state index contributed by atoms with van der Waals surface area (Å²) in [6.45, 7) is 1.66. The van der Waals surface area contributed by atoms with Crippen LogP contribution in [-0.4, -0.2) is 32.7 Å². The highest BCUT2D eigenvalue weighted by Gasteiger charge is 2.02. The minimum absolute atomic E-state index is 0.281. The van der Waals surface area contributed by atoms with Crippen LogP contribution in [0.4, 0.5) is 0 Å². The van der Waals surface area contributed by atoms with Gasteiger partial charge in [-0.2, -0.15) is 0 Å². The molecule has 0 radical (unpaired) electrons. The monoisotopic (exact) mass is 250 g/mol. The van der Waals surface area contributed by atoms with E-state index < -0.39 is 0 Å². The van der Waals surface area contributed by atoms with Crippen molar-refractivity contribution in [3.05, 3.63) is 35.9 Å². The van der Waals surface area contributed by atoms with E-state index >= 15 is 0 Å². The number of hydrogen-bond acceptors (Lipinski definition) is 3. The molecule has 0 aliphatic rings. The predicted molar refractivity (Wildman–Crippen MR) is 71.7 cm³/mol. The summed E-state index contributed by atoms with van der Waals surface area (Å²) in [5.41, 5.74) is 1.29. The van der Waals surface area contributed by atoms with Gasteiger partial charge in [-0.3, -0.25) is 4.79 Å². The van der Waals surface area contributed by atoms with Crippen molar-refractivity contribution >= 4 is 5.78 Å². The summed E-state index contributed by atoms with van der Waals surface area (Å²) in [6.07, 6.45) is 3.04. The lowest BCUT2D eigenvalue weighted by atomic mass is 10.1. The highest BCUT2D eigenvalue weighted by Crippen LogP contribution is 2.05. The smallest absolute Gasteiger partial charge is 0.135 e. The lowest BCUT2D eigenvalue weighted by Crippen LogP contribution is -2.07. The highest BCUT2D eigenvalue weighted by molar-refractivity contribution is 5.78. The fourth-order valence-electron chi connectivity index (χ4n) is 1.69. The molecule has 0 unspecified atom stereocenters. The quantitative estimate of drug-likeness (QED) is 0.599. The minimum Gasteiger partial charge on any atom is -0.382 e. The fraction of sp³-hybridized carbons (Fsp3) is 0.533. The second-order valence-corrected chi connectivity index (χ2v) is 4.23. The summed E-state index contributed by atoms with van der Waals surface area (Å²) < 4.78 is 10.1. The second kappa shape index (κ2) is 9.80. The Morgan fingerprint density at radius 2 is 1.83 bits per heavy atom. The van der Waals surface area contributed by atoms with E-state index in [2.05, 4.69) is 12.1 Å². The van der Waals surface area contributed by atoms with Crippen LogP contribution >= 0.6 is 0 Å². The molecular weight excluding hydrogens is 228 g/mol. The first-order valence-corrected chi connectivity index (χ1v) is 6.45. The van der Waals surface area contributed by atoms with E-state index in [4.69, 9.17) is 9.47 Å². The molecule has 0 aromatic heterocycles. The molecule has 0 N–H and O–H groups in total. The van der Waals surface area contributed by atoms with Crippen molar-refractivity contribution in [2.75, 3.05) is 26.9 Å². The van der Waals surface area contributed by atoms with Crippen molar-refractivity contribution < 1.29 is 14.3 Å². The zero-order valence-electron chi connectivity index (χ0n) is 11.1. The second-order valence-electron chi connectivity index (χ2n) is 4.23. The van der Waals surface area contributed by atoms with Crippen LogP contribution in [0.1, 0.15) is 24.8 Å². The highest BCUT2D eigenvalue weighted by atomic mass is 16.5. The van der Waals surface area contributed by atoms with Gasteiger partial charge in [0.1, 0.15) is 5.78 Å². The number of carbonyl (C=O) groups excluding carboxylic acids is 1. The first kappa shape index (κ1) is 14.9. The van der Waals surface area contributed by atoms with E-state index in [0.717, 1.165) is 12.8 Å². The van der Waals surface area contributed by atoms with Gasteiger partial charge in [-0.1, -0.05) is 30.3 Å². The average molecular weight is 250 g/mol. The molecule has 0 saturated heterocycles. The summed E-state index contributed by atoms with van der Waals surface area (Å²) in [7, 11) is 1.64. The van der Waals surface area contributed by atoms with Gasteiger partial charge in [-0.25, -0.2) is 0 Å². The average Bonchev–Trinajstić information content (AvgIpc) is 2.40. The zero-order chi connectivity index (χ0) is 13.1. The summed E-state index contributed by atoms with van der Waals surface area (Å²) >= 11 is 0. The molecule has 18 heavy (non-hydrogen) atoms. The van der Waals surface area contributed by atoms with E-state index in [1.807, 2.05) is 18.2 Å². The minimum atomic E-state index is 0.281. The number of benzene rings is 1. The molecule has 0 amide bonds. The normalized spacial score (nSPS) is 10.5. The number of methoxy groups -OCH3 is 1. The summed E-state index contributed by atoms with van der Waals surface area (Å²) in [6, 6.07) is 10.3. The Morgan fingerprint density at radius 3 is 2.56 bits per heavy atom. The molecule has 0 aliphatic heterocycles. The Labute approximate surface area is 109 Å². The molecular formula is C15H22O3. The topological polar surface area (TPSA) is 35.5 Å². The Balaban J connectivity index is 2.00. The lowest BCUT2D eigenvalue weighted by molar-refractivity contribution is -0.120. The molecule has 0 atom stereocenters. The molecule has 1 rings (SSSR count). The van der Waals surface area contributed by atoms with Gasteiger partial charge in [0.05, 0.1) is 19.8 Å². The zero-order valence-corrected chi connectivity index (χ0v) is 11.1. The first-order chi connectivity index (χ1) is 8.83. The number of hydrogen-bond donors (Lipinski definition) is 0. The van der Waals surface area contributed by atoms with Crippen molar-refractivity contribution in [2.45, 2.75) is 25.7 Å². The molecule has 100 valence electrons. The third-order valence-corrected chi connectivity index (χ3v) is 2.72. The SMILES string of the molecule is COCCOCCC(=O)CCCc1ccccc1. The molecule has 0 heterocycles. The maximum atomic E-state index is 11.6. The van der Waals surface area contributed by atoms with Gasteiger partial charge in [-0.05, 0) is 18.4 Å². The van der Waals surface area contributed by atoms with Crippen molar-refractivity contribution in [1.82, 2.24) is 0 Å². The van der Waals surface area contributed by atoms with Crippen LogP contribution in [0.25, 0.3) is 0 Å². The third kappa shape index (κ3) is 7.20. The van der Waals surface area contributed by atoms with Crippen LogP contribution in [0.15, 0.2) is 30.3 Å². The Kier molecular flexibility index (Phi) is 8.10. The predicted octanol–water partition coefficient (Wildman–Crippen LogP) is 2.63. The molecule has 0 saturated carbocycles. The molecule has 0 aliphatic carbocycles. The van der Waals surface area contributed by atoms with E-state index in [9.17, 15) is 4.79 Å². The number of rotatable bonds is 10. The molecule has 0 fully saturated rings. The Morgan fingerprint density at radius 1 is 1.06 bits per heavy atom. The third-order valence-electron chi connectivity index (χ3n) is 2.72. The fourth-order valence-corrected chi connectivity index (χ4v) is 1.69. The van der Waals surface area contributed by atoms with E-state index in [0.29, 0.717) is 32.7 Å². The maximum Gasteiger partial charge on any atom is 0.135 e. The van der Waals surface area contributed by atoms with Crippen molar-refractivity contribution in [3.8, 4) is 0 Å². The molecule has 1 aromatic carbocycles. The maximum absolute atomic E-state index is 11.6. The van der Waals surface area contributed by atoms with Crippen molar-refractivity contribution in [2.24, 2.45) is 0 Å². The van der Waals surface area contributed by atoms with Crippen LogP contribution in [0.2, 0.25) is 0 Å². The van der Waals surface area contributed by atoms with Gasteiger partial charge >= 0.3 is 0 Å².